The van der Waals surface area contributed by atoms with Crippen LogP contribution in [0.15, 0.2) is 60.8 Å². The number of hydrogen-bond donors (Lipinski definition) is 1. The summed E-state index contributed by atoms with van der Waals surface area (Å²) >= 11 is 0. The zero-order valence-electron chi connectivity index (χ0n) is 18.8. The van der Waals surface area contributed by atoms with Crippen LogP contribution in [0, 0.1) is 6.92 Å². The Labute approximate surface area is 189 Å². The van der Waals surface area contributed by atoms with Crippen LogP contribution in [0.1, 0.15) is 52.7 Å². The molecular weight excluding hydrogens is 400 g/mol. The molecule has 1 aliphatic rings. The van der Waals surface area contributed by atoms with Gasteiger partial charge in [0, 0.05) is 12.7 Å². The second kappa shape index (κ2) is 10.4. The number of hydrogen-bond acceptors (Lipinski definition) is 5. The monoisotopic (exact) mass is 430 g/mol. The number of benzene rings is 2. The molecule has 2 aromatic carbocycles. The first-order chi connectivity index (χ1) is 15.7. The van der Waals surface area contributed by atoms with Gasteiger partial charge in [0.1, 0.15) is 11.6 Å². The van der Waals surface area contributed by atoms with Gasteiger partial charge in [-0.2, -0.15) is 0 Å². The normalized spacial score (nSPS) is 16.5. The number of para-hydroxylation sites is 2. The number of carbonyl (C=O) groups excluding carboxylic acids is 1. The maximum atomic E-state index is 12.9. The molecule has 0 spiro atoms. The van der Waals surface area contributed by atoms with Crippen LogP contribution in [0.5, 0.6) is 5.75 Å². The van der Waals surface area contributed by atoms with E-state index in [4.69, 9.17) is 9.72 Å². The van der Waals surface area contributed by atoms with E-state index in [1.165, 1.54) is 18.4 Å². The van der Waals surface area contributed by atoms with Crippen molar-refractivity contribution in [3.63, 3.8) is 0 Å². The number of rotatable bonds is 7. The number of nitrogens with zero attached hydrogens (tertiary/aromatic N) is 3. The summed E-state index contributed by atoms with van der Waals surface area (Å²) in [6, 6.07) is 18.1. The highest BCUT2D eigenvalue weighted by atomic mass is 16.5. The Morgan fingerprint density at radius 2 is 1.91 bits per heavy atom. The molecule has 1 fully saturated rings. The number of aromatic nitrogens is 2. The summed E-state index contributed by atoms with van der Waals surface area (Å²) in [6.07, 6.45) is 6.08. The molecule has 6 nitrogen and oxygen atoms in total. The molecule has 166 valence electrons. The fourth-order valence-corrected chi connectivity index (χ4v) is 4.27. The van der Waals surface area contributed by atoms with E-state index in [2.05, 4.69) is 45.5 Å². The number of aryl methyl sites for hydroxylation is 1. The quantitative estimate of drug-likeness (QED) is 0.582. The van der Waals surface area contributed by atoms with Crippen molar-refractivity contribution in [2.45, 2.75) is 38.6 Å². The third kappa shape index (κ3) is 5.14. The van der Waals surface area contributed by atoms with Gasteiger partial charge >= 0.3 is 0 Å². The van der Waals surface area contributed by atoms with Crippen molar-refractivity contribution >= 4 is 11.6 Å². The second-order valence-electron chi connectivity index (χ2n) is 8.16. The summed E-state index contributed by atoms with van der Waals surface area (Å²) in [4.78, 5) is 24.7. The smallest absolute Gasteiger partial charge is 0.259 e. The number of likely N-dealkylation sites (tertiary alicyclic amines) is 1. The van der Waals surface area contributed by atoms with Crippen molar-refractivity contribution in [1.29, 1.82) is 0 Å². The van der Waals surface area contributed by atoms with Crippen LogP contribution >= 0.6 is 0 Å². The van der Waals surface area contributed by atoms with E-state index in [-0.39, 0.29) is 11.9 Å². The lowest BCUT2D eigenvalue weighted by atomic mass is 10.00. The first-order valence-corrected chi connectivity index (χ1v) is 11.2. The molecule has 1 atom stereocenters. The molecule has 6 heteroatoms. The van der Waals surface area contributed by atoms with Gasteiger partial charge in [0.25, 0.3) is 5.91 Å². The number of carbonyl (C=O) groups is 1. The van der Waals surface area contributed by atoms with Crippen LogP contribution in [0.4, 0.5) is 5.69 Å². The number of amides is 1. The van der Waals surface area contributed by atoms with E-state index in [0.717, 1.165) is 31.8 Å². The van der Waals surface area contributed by atoms with Gasteiger partial charge in [-0.1, -0.05) is 48.9 Å². The number of piperidine rings is 1. The maximum Gasteiger partial charge on any atom is 0.259 e. The first kappa shape index (κ1) is 22.0. The van der Waals surface area contributed by atoms with Crippen LogP contribution in [0.3, 0.4) is 0 Å². The molecule has 1 unspecified atom stereocenters. The van der Waals surface area contributed by atoms with Gasteiger partial charge in [-0.15, -0.1) is 0 Å². The molecule has 1 aromatic heterocycles. The lowest BCUT2D eigenvalue weighted by Gasteiger charge is -2.34. The van der Waals surface area contributed by atoms with Crippen LogP contribution in [0.25, 0.3) is 0 Å². The van der Waals surface area contributed by atoms with Crippen LogP contribution < -0.4 is 10.1 Å². The van der Waals surface area contributed by atoms with Gasteiger partial charge in [0.15, 0.2) is 0 Å². The second-order valence-corrected chi connectivity index (χ2v) is 8.16. The Balaban J connectivity index is 1.47. The zero-order valence-corrected chi connectivity index (χ0v) is 18.8. The lowest BCUT2D eigenvalue weighted by molar-refractivity contribution is 0.102. The average molecular weight is 431 g/mol. The highest BCUT2D eigenvalue weighted by Gasteiger charge is 2.27. The molecule has 1 N–H and O–H groups in total. The van der Waals surface area contributed by atoms with Crippen molar-refractivity contribution in [2.24, 2.45) is 0 Å². The van der Waals surface area contributed by atoms with Crippen molar-refractivity contribution in [1.82, 2.24) is 14.9 Å². The highest BCUT2D eigenvalue weighted by Crippen LogP contribution is 2.29. The van der Waals surface area contributed by atoms with E-state index in [0.29, 0.717) is 22.7 Å². The predicted molar refractivity (Wildman–Crippen MR) is 126 cm³/mol. The zero-order chi connectivity index (χ0) is 22.3. The molecule has 3 aromatic rings. The molecule has 2 heterocycles. The largest absolute Gasteiger partial charge is 0.495 e. The lowest BCUT2D eigenvalue weighted by Crippen LogP contribution is -2.36. The van der Waals surface area contributed by atoms with Gasteiger partial charge in [-0.3, -0.25) is 9.69 Å². The molecule has 4 rings (SSSR count). The minimum atomic E-state index is -0.233. The Morgan fingerprint density at radius 1 is 1.12 bits per heavy atom. The van der Waals surface area contributed by atoms with Gasteiger partial charge in [-0.05, 0) is 50.4 Å². The van der Waals surface area contributed by atoms with E-state index < -0.39 is 0 Å². The van der Waals surface area contributed by atoms with Gasteiger partial charge < -0.3 is 10.1 Å². The summed E-state index contributed by atoms with van der Waals surface area (Å²) in [7, 11) is 1.59. The van der Waals surface area contributed by atoms with Crippen LogP contribution in [-0.4, -0.2) is 41.0 Å². The number of anilines is 1. The fourth-order valence-electron chi connectivity index (χ4n) is 4.27. The molecule has 1 saturated heterocycles. The number of nitrogens with one attached hydrogen (secondary N) is 1. The SMILES string of the molecule is COc1ccccc1NC(=O)c1cnc(C2CCCCN2CCc2ccccc2)nc1C. The van der Waals surface area contributed by atoms with E-state index >= 15 is 0 Å². The van der Waals surface area contributed by atoms with Crippen LogP contribution in [-0.2, 0) is 6.42 Å². The van der Waals surface area contributed by atoms with E-state index in [1.54, 1.807) is 13.3 Å². The molecule has 1 amide bonds. The van der Waals surface area contributed by atoms with E-state index in [9.17, 15) is 4.79 Å². The molecule has 0 bridgehead atoms. The fraction of sp³-hybridized carbons (Fsp3) is 0.346. The Hall–Kier alpha value is -3.25. The summed E-state index contributed by atoms with van der Waals surface area (Å²) in [5.74, 6) is 1.19. The summed E-state index contributed by atoms with van der Waals surface area (Å²) in [5, 5.41) is 2.91. The van der Waals surface area contributed by atoms with Gasteiger partial charge in [-0.25, -0.2) is 9.97 Å². The topological polar surface area (TPSA) is 67.3 Å². The van der Waals surface area contributed by atoms with Crippen molar-refractivity contribution in [2.75, 3.05) is 25.5 Å². The Kier molecular flexibility index (Phi) is 7.12. The Morgan fingerprint density at radius 3 is 2.69 bits per heavy atom. The number of methoxy groups -OCH3 is 1. The predicted octanol–water partition coefficient (Wildman–Crippen LogP) is 4.82. The van der Waals surface area contributed by atoms with Crippen LogP contribution in [0.2, 0.25) is 0 Å². The molecule has 32 heavy (non-hydrogen) atoms. The van der Waals surface area contributed by atoms with Crippen molar-refractivity contribution in [3.05, 3.63) is 83.4 Å². The minimum Gasteiger partial charge on any atom is -0.495 e. The highest BCUT2D eigenvalue weighted by molar-refractivity contribution is 6.05. The minimum absolute atomic E-state index is 0.192. The molecule has 0 radical (unpaired) electrons. The summed E-state index contributed by atoms with van der Waals surface area (Å²) in [5.41, 5.74) is 3.14. The summed E-state index contributed by atoms with van der Waals surface area (Å²) in [6.45, 7) is 3.91. The van der Waals surface area contributed by atoms with Crippen molar-refractivity contribution < 1.29 is 9.53 Å². The molecule has 1 aliphatic heterocycles. The first-order valence-electron chi connectivity index (χ1n) is 11.2. The third-order valence-electron chi connectivity index (χ3n) is 6.04. The van der Waals surface area contributed by atoms with Crippen molar-refractivity contribution in [3.8, 4) is 5.75 Å². The maximum absolute atomic E-state index is 12.9. The number of ether oxygens (including phenoxy) is 1. The van der Waals surface area contributed by atoms with Gasteiger partial charge in [0.2, 0.25) is 0 Å². The standard InChI is InChI=1S/C26H30N4O2/c1-19-21(26(31)29-22-12-6-7-14-24(22)32-2)18-27-25(28-19)23-13-8-9-16-30(23)17-15-20-10-4-3-5-11-20/h3-7,10-12,14,18,23H,8-9,13,15-17H2,1-2H3,(H,29,31). The molecule has 0 aliphatic carbocycles. The van der Waals surface area contributed by atoms with Gasteiger partial charge in [0.05, 0.1) is 30.1 Å². The average Bonchev–Trinajstić information content (AvgIpc) is 2.84. The molecular formula is C26H30N4O2. The molecule has 0 saturated carbocycles. The summed E-state index contributed by atoms with van der Waals surface area (Å²) < 4.78 is 5.33. The third-order valence-corrected chi connectivity index (χ3v) is 6.04. The Bertz CT molecular complexity index is 1050. The van der Waals surface area contributed by atoms with E-state index in [1.807, 2.05) is 31.2 Å².